The van der Waals surface area contributed by atoms with E-state index >= 15 is 0 Å². The van der Waals surface area contributed by atoms with Crippen molar-refractivity contribution in [2.45, 2.75) is 90.3 Å². The van der Waals surface area contributed by atoms with Gasteiger partial charge in [0, 0.05) is 6.04 Å². The lowest BCUT2D eigenvalue weighted by Gasteiger charge is -2.43. The average molecular weight is 370 g/mol. The first-order valence-electron chi connectivity index (χ1n) is 8.73. The molecule has 0 saturated heterocycles. The third-order valence-electron chi connectivity index (χ3n) is 3.83. The van der Waals surface area contributed by atoms with Gasteiger partial charge in [0.2, 0.25) is 0 Å². The summed E-state index contributed by atoms with van der Waals surface area (Å²) < 4.78 is 15.6. The minimum absolute atomic E-state index is 0.0657. The van der Waals surface area contributed by atoms with Crippen LogP contribution in [0.3, 0.4) is 0 Å². The van der Waals surface area contributed by atoms with Gasteiger partial charge in [-0.25, -0.2) is 8.93 Å². The Morgan fingerprint density at radius 2 is 1.38 bits per heavy atom. The predicted octanol–water partition coefficient (Wildman–Crippen LogP) is 5.50. The molecule has 1 aromatic carbocycles. The fourth-order valence-corrected chi connectivity index (χ4v) is 8.21. The monoisotopic (exact) mass is 369 g/mol. The van der Waals surface area contributed by atoms with Crippen LogP contribution in [0.4, 0.5) is 0 Å². The number of benzene rings is 1. The lowest BCUT2D eigenvalue weighted by atomic mass is 10.1. The first-order valence-corrected chi connectivity index (χ1v) is 11.2. The summed E-state index contributed by atoms with van der Waals surface area (Å²) in [6.07, 6.45) is 0. The minimum atomic E-state index is -1.07. The standard InChI is InChI=1S/C20H36NOPS/c1-15(21-24(22)20(8,9)10)16-13-11-12-14-17(16)23(18(2,3)4)19(5,6)7/h11-15,21H,1-10H3. The zero-order chi connectivity index (χ0) is 18.9. The molecule has 1 N–H and O–H groups in total. The Hall–Kier alpha value is -0.240. The van der Waals surface area contributed by atoms with Crippen LogP contribution in [0, 0.1) is 0 Å². The summed E-state index contributed by atoms with van der Waals surface area (Å²) >= 11 is 0. The van der Waals surface area contributed by atoms with Crippen LogP contribution in [-0.4, -0.2) is 19.3 Å². The molecule has 0 aliphatic rings. The molecule has 24 heavy (non-hydrogen) atoms. The normalized spacial score (nSPS) is 16.3. The van der Waals surface area contributed by atoms with Gasteiger partial charge >= 0.3 is 0 Å². The molecular formula is C20H36NOPS. The minimum Gasteiger partial charge on any atom is -0.242 e. The number of nitrogens with one attached hydrogen (secondary N) is 1. The highest BCUT2D eigenvalue weighted by Gasteiger charge is 2.37. The molecule has 0 aliphatic carbocycles. The second-order valence-electron chi connectivity index (χ2n) is 9.46. The Balaban J connectivity index is 3.31. The van der Waals surface area contributed by atoms with Crippen LogP contribution in [0.15, 0.2) is 24.3 Å². The third-order valence-corrected chi connectivity index (χ3v) is 9.08. The molecule has 1 aromatic rings. The largest absolute Gasteiger partial charge is 0.242 e. The van der Waals surface area contributed by atoms with Crippen LogP contribution in [0.1, 0.15) is 80.8 Å². The van der Waals surface area contributed by atoms with E-state index in [4.69, 9.17) is 0 Å². The molecule has 138 valence electrons. The van der Waals surface area contributed by atoms with Crippen molar-refractivity contribution in [3.8, 4) is 0 Å². The van der Waals surface area contributed by atoms with Gasteiger partial charge in [0.15, 0.2) is 0 Å². The van der Waals surface area contributed by atoms with Crippen LogP contribution in [0.2, 0.25) is 0 Å². The molecule has 0 fully saturated rings. The molecule has 2 unspecified atom stereocenters. The predicted molar refractivity (Wildman–Crippen MR) is 112 cm³/mol. The molecule has 1 rings (SSSR count). The van der Waals surface area contributed by atoms with Crippen LogP contribution in [-0.2, 0) is 11.0 Å². The molecule has 2 atom stereocenters. The zero-order valence-corrected chi connectivity index (χ0v) is 18.9. The molecule has 0 radical (unpaired) electrons. The van der Waals surface area contributed by atoms with Crippen molar-refractivity contribution in [2.75, 3.05) is 0 Å². The summed E-state index contributed by atoms with van der Waals surface area (Å²) in [4.78, 5) is 0. The Labute approximate surface area is 153 Å². The SMILES string of the molecule is CC(NS(=O)C(C)(C)C)c1ccccc1P(C(C)(C)C)C(C)(C)C. The van der Waals surface area contributed by atoms with Gasteiger partial charge in [-0.15, -0.1) is 0 Å². The van der Waals surface area contributed by atoms with Gasteiger partial charge in [-0.1, -0.05) is 73.7 Å². The van der Waals surface area contributed by atoms with Crippen molar-refractivity contribution in [3.63, 3.8) is 0 Å². The van der Waals surface area contributed by atoms with Crippen LogP contribution in [0.25, 0.3) is 0 Å². The summed E-state index contributed by atoms with van der Waals surface area (Å²) in [6.45, 7) is 22.2. The third kappa shape index (κ3) is 5.64. The average Bonchev–Trinajstić information content (AvgIpc) is 2.34. The summed E-state index contributed by atoms with van der Waals surface area (Å²) in [5.74, 6) is 0. The second-order valence-corrected chi connectivity index (χ2v) is 15.3. The van der Waals surface area contributed by atoms with Gasteiger partial charge in [0.25, 0.3) is 0 Å². The number of hydrogen-bond acceptors (Lipinski definition) is 1. The van der Waals surface area contributed by atoms with Gasteiger partial charge in [-0.3, -0.25) is 0 Å². The molecule has 0 aromatic heterocycles. The summed E-state index contributed by atoms with van der Waals surface area (Å²) in [5.41, 5.74) is 1.28. The lowest BCUT2D eigenvalue weighted by molar-refractivity contribution is 0.617. The highest BCUT2D eigenvalue weighted by atomic mass is 32.2. The van der Waals surface area contributed by atoms with Gasteiger partial charge in [-0.05, 0) is 48.9 Å². The van der Waals surface area contributed by atoms with E-state index in [1.165, 1.54) is 10.9 Å². The molecular weight excluding hydrogens is 333 g/mol. The van der Waals surface area contributed by atoms with E-state index in [1.54, 1.807) is 0 Å². The molecule has 0 aliphatic heterocycles. The Kier molecular flexibility index (Phi) is 6.87. The first kappa shape index (κ1) is 21.8. The highest BCUT2D eigenvalue weighted by Crippen LogP contribution is 2.58. The van der Waals surface area contributed by atoms with Gasteiger partial charge in [0.1, 0.15) is 0 Å². The molecule has 4 heteroatoms. The van der Waals surface area contributed by atoms with Crippen LogP contribution < -0.4 is 10.0 Å². The zero-order valence-electron chi connectivity index (χ0n) is 17.2. The molecule has 0 heterocycles. The molecule has 2 nitrogen and oxygen atoms in total. The highest BCUT2D eigenvalue weighted by molar-refractivity contribution is 7.84. The van der Waals surface area contributed by atoms with Crippen LogP contribution >= 0.6 is 7.92 Å². The molecule has 0 spiro atoms. The Morgan fingerprint density at radius 3 is 1.79 bits per heavy atom. The van der Waals surface area contributed by atoms with Gasteiger partial charge in [-0.2, -0.15) is 0 Å². The van der Waals surface area contributed by atoms with Crippen molar-refractivity contribution in [3.05, 3.63) is 29.8 Å². The fraction of sp³-hybridized carbons (Fsp3) is 0.700. The smallest absolute Gasteiger partial charge is 0.0975 e. The van der Waals surface area contributed by atoms with E-state index in [9.17, 15) is 4.21 Å². The van der Waals surface area contributed by atoms with E-state index in [2.05, 4.69) is 77.5 Å². The van der Waals surface area contributed by atoms with Gasteiger partial charge < -0.3 is 0 Å². The summed E-state index contributed by atoms with van der Waals surface area (Å²) in [6, 6.07) is 8.76. The molecule has 0 amide bonds. The fourth-order valence-electron chi connectivity index (χ4n) is 3.19. The van der Waals surface area contributed by atoms with Crippen molar-refractivity contribution in [2.24, 2.45) is 0 Å². The maximum absolute atomic E-state index is 12.5. The maximum Gasteiger partial charge on any atom is 0.0975 e. The second kappa shape index (κ2) is 7.56. The molecule has 0 bridgehead atoms. The Bertz CT molecular complexity index is 565. The summed E-state index contributed by atoms with van der Waals surface area (Å²) in [5, 5.41) is 1.86. The topological polar surface area (TPSA) is 29.1 Å². The number of hydrogen-bond donors (Lipinski definition) is 1. The van der Waals surface area contributed by atoms with Crippen molar-refractivity contribution < 1.29 is 4.21 Å². The van der Waals surface area contributed by atoms with E-state index in [0.29, 0.717) is 0 Å². The summed E-state index contributed by atoms with van der Waals surface area (Å²) in [7, 11) is -1.46. The lowest BCUT2D eigenvalue weighted by Crippen LogP contribution is -2.38. The van der Waals surface area contributed by atoms with E-state index < -0.39 is 11.0 Å². The first-order chi connectivity index (χ1) is 10.7. The maximum atomic E-state index is 12.5. The Morgan fingerprint density at radius 1 is 0.917 bits per heavy atom. The van der Waals surface area contributed by atoms with Crippen molar-refractivity contribution >= 4 is 24.2 Å². The van der Waals surface area contributed by atoms with Crippen molar-refractivity contribution in [1.29, 1.82) is 0 Å². The van der Waals surface area contributed by atoms with E-state index in [-0.39, 0.29) is 29.0 Å². The van der Waals surface area contributed by atoms with E-state index in [1.807, 2.05) is 20.8 Å². The van der Waals surface area contributed by atoms with E-state index in [0.717, 1.165) is 0 Å². The van der Waals surface area contributed by atoms with Crippen molar-refractivity contribution in [1.82, 2.24) is 4.72 Å². The molecule has 0 saturated carbocycles. The number of rotatable bonds is 4. The van der Waals surface area contributed by atoms with Crippen LogP contribution in [0.5, 0.6) is 0 Å². The quantitative estimate of drug-likeness (QED) is 0.697. The van der Waals surface area contributed by atoms with Gasteiger partial charge in [0.05, 0.1) is 15.7 Å².